The zero-order chi connectivity index (χ0) is 18.2. The molecule has 0 bridgehead atoms. The maximum atomic E-state index is 12.5. The number of carbonyl (C=O) groups is 2. The SMILES string of the molecule is CCCN(CCC)C(=O)CCC(=O)N1C[C@@H](N)[C@H](c2ccccc2)C1. The number of amides is 2. The van der Waals surface area contributed by atoms with E-state index in [0.717, 1.165) is 25.9 Å². The molecule has 1 saturated heterocycles. The molecular formula is C20H31N3O2. The molecule has 5 nitrogen and oxygen atoms in total. The summed E-state index contributed by atoms with van der Waals surface area (Å²) in [5.74, 6) is 0.299. The number of hydrogen-bond acceptors (Lipinski definition) is 3. The molecule has 1 aliphatic heterocycles. The van der Waals surface area contributed by atoms with Crippen LogP contribution in [0.25, 0.3) is 0 Å². The molecule has 2 atom stereocenters. The number of hydrogen-bond donors (Lipinski definition) is 1. The quantitative estimate of drug-likeness (QED) is 0.786. The molecule has 1 fully saturated rings. The summed E-state index contributed by atoms with van der Waals surface area (Å²) < 4.78 is 0. The van der Waals surface area contributed by atoms with Crippen LogP contribution in [0.1, 0.15) is 51.0 Å². The van der Waals surface area contributed by atoms with E-state index in [-0.39, 0.29) is 30.2 Å². The van der Waals surface area contributed by atoms with Crippen molar-refractivity contribution in [1.82, 2.24) is 9.80 Å². The first kappa shape index (κ1) is 19.4. The van der Waals surface area contributed by atoms with Gasteiger partial charge in [-0.2, -0.15) is 0 Å². The minimum Gasteiger partial charge on any atom is -0.343 e. The first-order chi connectivity index (χ1) is 12.1. The molecule has 0 radical (unpaired) electrons. The maximum Gasteiger partial charge on any atom is 0.223 e. The van der Waals surface area contributed by atoms with E-state index in [0.29, 0.717) is 19.5 Å². The van der Waals surface area contributed by atoms with Gasteiger partial charge in [0.25, 0.3) is 0 Å². The third-order valence-corrected chi connectivity index (χ3v) is 4.84. The second-order valence-corrected chi connectivity index (χ2v) is 6.86. The van der Waals surface area contributed by atoms with Crippen LogP contribution in [-0.2, 0) is 9.59 Å². The molecule has 0 aliphatic carbocycles. The van der Waals surface area contributed by atoms with E-state index in [1.165, 1.54) is 5.56 Å². The highest BCUT2D eigenvalue weighted by Crippen LogP contribution is 2.26. The highest BCUT2D eigenvalue weighted by Gasteiger charge is 2.33. The van der Waals surface area contributed by atoms with Crippen molar-refractivity contribution in [2.75, 3.05) is 26.2 Å². The van der Waals surface area contributed by atoms with Gasteiger partial charge in [0, 0.05) is 51.0 Å². The van der Waals surface area contributed by atoms with Crippen molar-refractivity contribution in [2.24, 2.45) is 5.73 Å². The zero-order valence-corrected chi connectivity index (χ0v) is 15.5. The molecule has 1 aromatic rings. The molecule has 0 unspecified atom stereocenters. The molecule has 2 N–H and O–H groups in total. The molecule has 138 valence electrons. The maximum absolute atomic E-state index is 12.5. The molecule has 0 saturated carbocycles. The van der Waals surface area contributed by atoms with E-state index in [9.17, 15) is 9.59 Å². The molecule has 25 heavy (non-hydrogen) atoms. The van der Waals surface area contributed by atoms with Crippen LogP contribution in [0.5, 0.6) is 0 Å². The Hall–Kier alpha value is -1.88. The first-order valence-electron chi connectivity index (χ1n) is 9.42. The fourth-order valence-corrected chi connectivity index (χ4v) is 3.52. The Kier molecular flexibility index (Phi) is 7.44. The molecule has 0 spiro atoms. The highest BCUT2D eigenvalue weighted by molar-refractivity contribution is 5.84. The van der Waals surface area contributed by atoms with E-state index >= 15 is 0 Å². The van der Waals surface area contributed by atoms with Crippen LogP contribution >= 0.6 is 0 Å². The summed E-state index contributed by atoms with van der Waals surface area (Å²) in [6.45, 7) is 6.88. The first-order valence-corrected chi connectivity index (χ1v) is 9.42. The van der Waals surface area contributed by atoms with Crippen LogP contribution < -0.4 is 5.73 Å². The lowest BCUT2D eigenvalue weighted by atomic mass is 9.95. The van der Waals surface area contributed by atoms with Crippen molar-refractivity contribution < 1.29 is 9.59 Å². The van der Waals surface area contributed by atoms with E-state index in [1.807, 2.05) is 28.0 Å². The summed E-state index contributed by atoms with van der Waals surface area (Å²) in [4.78, 5) is 28.5. The van der Waals surface area contributed by atoms with Gasteiger partial charge in [0.05, 0.1) is 0 Å². The fraction of sp³-hybridized carbons (Fsp3) is 0.600. The summed E-state index contributed by atoms with van der Waals surface area (Å²) >= 11 is 0. The Morgan fingerprint density at radius 3 is 2.32 bits per heavy atom. The highest BCUT2D eigenvalue weighted by atomic mass is 16.2. The van der Waals surface area contributed by atoms with Gasteiger partial charge in [0.2, 0.25) is 11.8 Å². The lowest BCUT2D eigenvalue weighted by Crippen LogP contribution is -2.35. The molecule has 1 aliphatic rings. The van der Waals surface area contributed by atoms with Gasteiger partial charge in [-0.3, -0.25) is 9.59 Å². The van der Waals surface area contributed by atoms with Gasteiger partial charge in [-0.15, -0.1) is 0 Å². The molecule has 5 heteroatoms. The predicted molar refractivity (Wildman–Crippen MR) is 100 cm³/mol. The van der Waals surface area contributed by atoms with Crippen LogP contribution in [0.2, 0.25) is 0 Å². The van der Waals surface area contributed by atoms with Crippen molar-refractivity contribution in [1.29, 1.82) is 0 Å². The predicted octanol–water partition coefficient (Wildman–Crippen LogP) is 2.37. The molecule has 2 amide bonds. The summed E-state index contributed by atoms with van der Waals surface area (Å²) in [6, 6.07) is 10.1. The summed E-state index contributed by atoms with van der Waals surface area (Å²) in [7, 11) is 0. The average Bonchev–Trinajstić information content (AvgIpc) is 3.02. The van der Waals surface area contributed by atoms with Crippen LogP contribution in [-0.4, -0.2) is 53.8 Å². The van der Waals surface area contributed by atoms with Gasteiger partial charge in [-0.1, -0.05) is 44.2 Å². The summed E-state index contributed by atoms with van der Waals surface area (Å²) in [5, 5.41) is 0. The standard InChI is InChI=1S/C20H31N3O2/c1-3-12-22(13-4-2)19(24)10-11-20(25)23-14-17(18(21)15-23)16-8-6-5-7-9-16/h5-9,17-18H,3-4,10-15,21H2,1-2H3/t17-,18+/m0/s1. The Balaban J connectivity index is 1.86. The molecular weight excluding hydrogens is 314 g/mol. The van der Waals surface area contributed by atoms with Crippen LogP contribution in [0.15, 0.2) is 30.3 Å². The average molecular weight is 345 g/mol. The Labute approximate surface area is 151 Å². The number of nitrogens with two attached hydrogens (primary N) is 1. The number of nitrogens with zero attached hydrogens (tertiary/aromatic N) is 2. The largest absolute Gasteiger partial charge is 0.343 e. The van der Waals surface area contributed by atoms with Crippen LogP contribution in [0, 0.1) is 0 Å². The normalized spacial score (nSPS) is 19.9. The topological polar surface area (TPSA) is 66.6 Å². The molecule has 2 rings (SSSR count). The number of carbonyl (C=O) groups excluding carboxylic acids is 2. The van der Waals surface area contributed by atoms with Gasteiger partial charge in [-0.25, -0.2) is 0 Å². The summed E-state index contributed by atoms with van der Waals surface area (Å²) in [5.41, 5.74) is 7.43. The van der Waals surface area contributed by atoms with E-state index < -0.39 is 0 Å². The monoisotopic (exact) mass is 345 g/mol. The lowest BCUT2D eigenvalue weighted by molar-refractivity contribution is -0.136. The molecule has 1 aromatic carbocycles. The van der Waals surface area contributed by atoms with E-state index in [4.69, 9.17) is 5.73 Å². The van der Waals surface area contributed by atoms with Crippen LogP contribution in [0.4, 0.5) is 0 Å². The minimum atomic E-state index is -0.0428. The van der Waals surface area contributed by atoms with Gasteiger partial charge in [-0.05, 0) is 18.4 Å². The third-order valence-electron chi connectivity index (χ3n) is 4.84. The fourth-order valence-electron chi connectivity index (χ4n) is 3.52. The van der Waals surface area contributed by atoms with Gasteiger partial charge in [0.1, 0.15) is 0 Å². The van der Waals surface area contributed by atoms with Gasteiger partial charge in [0.15, 0.2) is 0 Å². The molecule has 1 heterocycles. The Morgan fingerprint density at radius 2 is 1.72 bits per heavy atom. The Morgan fingerprint density at radius 1 is 1.08 bits per heavy atom. The van der Waals surface area contributed by atoms with Gasteiger partial charge < -0.3 is 15.5 Å². The third kappa shape index (κ3) is 5.30. The van der Waals surface area contributed by atoms with E-state index in [1.54, 1.807) is 0 Å². The number of benzene rings is 1. The zero-order valence-electron chi connectivity index (χ0n) is 15.5. The second kappa shape index (κ2) is 9.56. The molecule has 0 aromatic heterocycles. The number of rotatable bonds is 8. The van der Waals surface area contributed by atoms with Gasteiger partial charge >= 0.3 is 0 Å². The summed E-state index contributed by atoms with van der Waals surface area (Å²) in [6.07, 6.45) is 2.45. The smallest absolute Gasteiger partial charge is 0.223 e. The lowest BCUT2D eigenvalue weighted by Gasteiger charge is -2.22. The van der Waals surface area contributed by atoms with Crippen molar-refractivity contribution in [3.63, 3.8) is 0 Å². The van der Waals surface area contributed by atoms with E-state index in [2.05, 4.69) is 26.0 Å². The minimum absolute atomic E-state index is 0.0372. The Bertz CT molecular complexity index is 555. The van der Waals surface area contributed by atoms with Crippen molar-refractivity contribution in [3.05, 3.63) is 35.9 Å². The van der Waals surface area contributed by atoms with Crippen LogP contribution in [0.3, 0.4) is 0 Å². The van der Waals surface area contributed by atoms with Crippen molar-refractivity contribution in [2.45, 2.75) is 51.5 Å². The number of likely N-dealkylation sites (tertiary alicyclic amines) is 1. The van der Waals surface area contributed by atoms with Crippen molar-refractivity contribution >= 4 is 11.8 Å². The van der Waals surface area contributed by atoms with Crippen molar-refractivity contribution in [3.8, 4) is 0 Å². The second-order valence-electron chi connectivity index (χ2n) is 6.86.